The fourth-order valence-corrected chi connectivity index (χ4v) is 3.55. The third-order valence-electron chi connectivity index (χ3n) is 3.34. The highest BCUT2D eigenvalue weighted by Crippen LogP contribution is 2.32. The van der Waals surface area contributed by atoms with Crippen molar-refractivity contribution >= 4 is 16.5 Å². The van der Waals surface area contributed by atoms with Crippen LogP contribution in [0.5, 0.6) is 0 Å². The fourth-order valence-electron chi connectivity index (χ4n) is 2.33. The molecule has 18 heavy (non-hydrogen) atoms. The summed E-state index contributed by atoms with van der Waals surface area (Å²) in [6.07, 6.45) is 0. The van der Waals surface area contributed by atoms with Gasteiger partial charge in [-0.05, 0) is 27.3 Å². The summed E-state index contributed by atoms with van der Waals surface area (Å²) in [6, 6.07) is 0.809. The number of aromatic nitrogens is 1. The lowest BCUT2D eigenvalue weighted by Gasteiger charge is -2.32. The van der Waals surface area contributed by atoms with E-state index in [1.54, 1.807) is 0 Å². The van der Waals surface area contributed by atoms with Gasteiger partial charge in [0, 0.05) is 17.5 Å². The molecule has 0 saturated carbocycles. The number of ether oxygens (including phenoxy) is 1. The van der Waals surface area contributed by atoms with Gasteiger partial charge in [0.05, 0.1) is 24.9 Å². The van der Waals surface area contributed by atoms with Crippen molar-refractivity contribution in [3.8, 4) is 0 Å². The zero-order chi connectivity index (χ0) is 13.1. The number of thiazole rings is 1. The summed E-state index contributed by atoms with van der Waals surface area (Å²) in [5.41, 5.74) is 1.15. The molecule has 0 amide bonds. The van der Waals surface area contributed by atoms with Gasteiger partial charge in [-0.3, -0.25) is 0 Å². The van der Waals surface area contributed by atoms with Crippen LogP contribution in [-0.4, -0.2) is 37.3 Å². The molecule has 102 valence electrons. The molecule has 0 bridgehead atoms. The number of nitrogens with zero attached hydrogens (tertiary/aromatic N) is 2. The zero-order valence-electron chi connectivity index (χ0n) is 11.7. The Bertz CT molecular complexity index is 394. The Kier molecular flexibility index (Phi) is 4.59. The van der Waals surface area contributed by atoms with Crippen molar-refractivity contribution in [3.05, 3.63) is 10.6 Å². The molecule has 1 fully saturated rings. The maximum atomic E-state index is 5.48. The smallest absolute Gasteiger partial charge is 0.186 e. The van der Waals surface area contributed by atoms with E-state index in [-0.39, 0.29) is 0 Å². The van der Waals surface area contributed by atoms with E-state index in [4.69, 9.17) is 9.72 Å². The predicted octanol–water partition coefficient (Wildman–Crippen LogP) is 2.35. The number of hydrogen-bond acceptors (Lipinski definition) is 5. The molecule has 0 radical (unpaired) electrons. The first kappa shape index (κ1) is 13.8. The molecule has 4 nitrogen and oxygen atoms in total. The molecule has 0 aromatic carbocycles. The number of morpholine rings is 1. The monoisotopic (exact) mass is 269 g/mol. The molecule has 1 saturated heterocycles. The molecule has 2 atom stereocenters. The molecule has 2 heterocycles. The van der Waals surface area contributed by atoms with Gasteiger partial charge in [0.1, 0.15) is 0 Å². The van der Waals surface area contributed by atoms with E-state index in [1.165, 1.54) is 4.88 Å². The summed E-state index contributed by atoms with van der Waals surface area (Å²) in [4.78, 5) is 8.45. The van der Waals surface area contributed by atoms with Gasteiger partial charge >= 0.3 is 0 Å². The van der Waals surface area contributed by atoms with Crippen LogP contribution in [0.15, 0.2) is 0 Å². The Labute approximate surface area is 113 Å². The summed E-state index contributed by atoms with van der Waals surface area (Å²) in [7, 11) is 0. The molecular weight excluding hydrogens is 246 g/mol. The lowest BCUT2D eigenvalue weighted by molar-refractivity contribution is 0.0989. The van der Waals surface area contributed by atoms with Gasteiger partial charge in [-0.25, -0.2) is 4.98 Å². The van der Waals surface area contributed by atoms with E-state index in [9.17, 15) is 0 Å². The first-order valence-electron chi connectivity index (χ1n) is 6.68. The molecule has 2 unspecified atom stereocenters. The van der Waals surface area contributed by atoms with Crippen LogP contribution < -0.4 is 10.2 Å². The minimum absolute atomic E-state index is 0.387. The first-order valence-corrected chi connectivity index (χ1v) is 7.50. The Morgan fingerprint density at radius 2 is 2.39 bits per heavy atom. The molecule has 1 aliphatic rings. The van der Waals surface area contributed by atoms with Crippen LogP contribution in [-0.2, 0) is 4.74 Å². The van der Waals surface area contributed by atoms with Gasteiger partial charge in [0.2, 0.25) is 0 Å². The molecule has 1 aromatic rings. The lowest BCUT2D eigenvalue weighted by atomic mass is 10.2. The maximum Gasteiger partial charge on any atom is 0.186 e. The van der Waals surface area contributed by atoms with E-state index in [0.717, 1.165) is 37.1 Å². The van der Waals surface area contributed by atoms with E-state index in [0.29, 0.717) is 12.1 Å². The highest BCUT2D eigenvalue weighted by atomic mass is 32.1. The van der Waals surface area contributed by atoms with Crippen molar-refractivity contribution in [2.24, 2.45) is 0 Å². The van der Waals surface area contributed by atoms with Crippen LogP contribution in [0.1, 0.15) is 37.4 Å². The first-order chi connectivity index (χ1) is 8.63. The third kappa shape index (κ3) is 2.84. The fraction of sp³-hybridized carbons (Fsp3) is 0.769. The lowest BCUT2D eigenvalue weighted by Crippen LogP contribution is -2.43. The average molecular weight is 269 g/mol. The molecule has 1 aliphatic heterocycles. The van der Waals surface area contributed by atoms with E-state index < -0.39 is 0 Å². The van der Waals surface area contributed by atoms with Crippen LogP contribution in [0.25, 0.3) is 0 Å². The van der Waals surface area contributed by atoms with Crippen molar-refractivity contribution in [1.82, 2.24) is 10.3 Å². The van der Waals surface area contributed by atoms with Gasteiger partial charge in [-0.1, -0.05) is 6.92 Å². The van der Waals surface area contributed by atoms with Gasteiger partial charge in [0.15, 0.2) is 5.13 Å². The van der Waals surface area contributed by atoms with Gasteiger partial charge in [-0.2, -0.15) is 0 Å². The molecule has 2 rings (SSSR count). The Hall–Kier alpha value is -0.650. The van der Waals surface area contributed by atoms with Crippen LogP contribution in [0.3, 0.4) is 0 Å². The molecule has 1 N–H and O–H groups in total. The largest absolute Gasteiger partial charge is 0.377 e. The van der Waals surface area contributed by atoms with Crippen molar-refractivity contribution in [2.75, 3.05) is 31.2 Å². The maximum absolute atomic E-state index is 5.48. The standard InChI is InChI=1S/C13H23N3OS/c1-5-14-10(3)12-11(4)15-13(18-12)16-6-7-17-8-9(16)2/h9-10,14H,5-8H2,1-4H3. The summed E-state index contributed by atoms with van der Waals surface area (Å²) in [5, 5.41) is 4.60. The number of nitrogens with one attached hydrogen (secondary N) is 1. The van der Waals surface area contributed by atoms with Crippen LogP contribution in [0.4, 0.5) is 5.13 Å². The molecular formula is C13H23N3OS. The molecule has 0 aliphatic carbocycles. The average Bonchev–Trinajstić information content (AvgIpc) is 2.72. The van der Waals surface area contributed by atoms with Crippen molar-refractivity contribution < 1.29 is 4.74 Å². The van der Waals surface area contributed by atoms with Gasteiger partial charge in [-0.15, -0.1) is 11.3 Å². The Balaban J connectivity index is 2.17. The van der Waals surface area contributed by atoms with E-state index >= 15 is 0 Å². The normalized spacial score (nSPS) is 22.2. The Morgan fingerprint density at radius 1 is 1.61 bits per heavy atom. The number of rotatable bonds is 4. The minimum atomic E-state index is 0.387. The summed E-state index contributed by atoms with van der Waals surface area (Å²) >= 11 is 1.81. The van der Waals surface area contributed by atoms with Gasteiger partial charge < -0.3 is 15.0 Å². The SMILES string of the molecule is CCNC(C)c1sc(N2CCOCC2C)nc1C. The highest BCUT2D eigenvalue weighted by Gasteiger charge is 2.23. The zero-order valence-corrected chi connectivity index (χ0v) is 12.5. The van der Waals surface area contributed by atoms with Crippen molar-refractivity contribution in [3.63, 3.8) is 0 Å². The van der Waals surface area contributed by atoms with Crippen LogP contribution in [0.2, 0.25) is 0 Å². The third-order valence-corrected chi connectivity index (χ3v) is 4.72. The number of anilines is 1. The van der Waals surface area contributed by atoms with Crippen molar-refractivity contribution in [2.45, 2.75) is 39.8 Å². The summed E-state index contributed by atoms with van der Waals surface area (Å²) in [5.74, 6) is 0. The van der Waals surface area contributed by atoms with Crippen LogP contribution >= 0.6 is 11.3 Å². The number of aryl methyl sites for hydroxylation is 1. The van der Waals surface area contributed by atoms with Crippen molar-refractivity contribution in [1.29, 1.82) is 0 Å². The predicted molar refractivity (Wildman–Crippen MR) is 76.6 cm³/mol. The topological polar surface area (TPSA) is 37.4 Å². The number of hydrogen-bond donors (Lipinski definition) is 1. The molecule has 5 heteroatoms. The molecule has 0 spiro atoms. The quantitative estimate of drug-likeness (QED) is 0.910. The summed E-state index contributed by atoms with van der Waals surface area (Å²) in [6.45, 7) is 12.2. The Morgan fingerprint density at radius 3 is 3.06 bits per heavy atom. The van der Waals surface area contributed by atoms with Crippen LogP contribution in [0, 0.1) is 6.92 Å². The second kappa shape index (κ2) is 5.99. The second-order valence-electron chi connectivity index (χ2n) is 4.84. The summed E-state index contributed by atoms with van der Waals surface area (Å²) < 4.78 is 5.48. The second-order valence-corrected chi connectivity index (χ2v) is 5.85. The van der Waals surface area contributed by atoms with E-state index in [1.807, 2.05) is 11.3 Å². The highest BCUT2D eigenvalue weighted by molar-refractivity contribution is 7.15. The van der Waals surface area contributed by atoms with Gasteiger partial charge in [0.25, 0.3) is 0 Å². The minimum Gasteiger partial charge on any atom is -0.377 e. The van der Waals surface area contributed by atoms with E-state index in [2.05, 4.69) is 37.9 Å². The molecule has 1 aromatic heterocycles.